The van der Waals surface area contributed by atoms with E-state index in [-0.39, 0.29) is 11.9 Å². The largest absolute Gasteiger partial charge is 0.441 e. The van der Waals surface area contributed by atoms with E-state index in [1.54, 1.807) is 0 Å². The molecular weight excluding hydrogens is 350 g/mol. The van der Waals surface area contributed by atoms with Gasteiger partial charge in [0.15, 0.2) is 11.5 Å². The van der Waals surface area contributed by atoms with E-state index in [2.05, 4.69) is 40.6 Å². The van der Waals surface area contributed by atoms with Gasteiger partial charge in [-0.05, 0) is 55.9 Å². The van der Waals surface area contributed by atoms with Crippen LogP contribution in [0.2, 0.25) is 0 Å². The Morgan fingerprint density at radius 1 is 1.21 bits per heavy atom. The molecule has 146 valence electrons. The molecule has 2 heterocycles. The fourth-order valence-corrected chi connectivity index (χ4v) is 4.02. The van der Waals surface area contributed by atoms with Crippen LogP contribution in [0.1, 0.15) is 31.2 Å². The molecule has 0 bridgehead atoms. The predicted octanol–water partition coefficient (Wildman–Crippen LogP) is 4.42. The molecule has 1 saturated heterocycles. The number of fused-ring (bicyclic) bond motifs is 1. The first-order valence-electron chi connectivity index (χ1n) is 10.0. The summed E-state index contributed by atoms with van der Waals surface area (Å²) in [7, 11) is 0. The Bertz CT molecular complexity index is 943. The summed E-state index contributed by atoms with van der Waals surface area (Å²) in [5.41, 5.74) is 3.85. The number of amides is 1. The lowest BCUT2D eigenvalue weighted by atomic mass is 9.90. The van der Waals surface area contributed by atoms with Gasteiger partial charge in [-0.15, -0.1) is 0 Å². The monoisotopic (exact) mass is 377 g/mol. The fraction of sp³-hybridized carbons (Fsp3) is 0.391. The molecule has 5 heteroatoms. The van der Waals surface area contributed by atoms with Gasteiger partial charge in [0.05, 0.1) is 0 Å². The average molecular weight is 377 g/mol. The Kier molecular flexibility index (Phi) is 5.33. The third-order valence-electron chi connectivity index (χ3n) is 5.54. The van der Waals surface area contributed by atoms with Crippen LogP contribution in [0.15, 0.2) is 52.9 Å². The third-order valence-corrected chi connectivity index (χ3v) is 5.54. The minimum Gasteiger partial charge on any atom is -0.441 e. The highest BCUT2D eigenvalue weighted by atomic mass is 16.3. The van der Waals surface area contributed by atoms with Crippen molar-refractivity contribution in [1.29, 1.82) is 0 Å². The van der Waals surface area contributed by atoms with Crippen molar-refractivity contribution < 1.29 is 9.21 Å². The Morgan fingerprint density at radius 2 is 1.96 bits per heavy atom. The summed E-state index contributed by atoms with van der Waals surface area (Å²) in [6, 6.07) is 16.1. The Balaban J connectivity index is 1.31. The van der Waals surface area contributed by atoms with Crippen molar-refractivity contribution in [1.82, 2.24) is 9.88 Å². The van der Waals surface area contributed by atoms with Crippen LogP contribution < -0.4 is 5.32 Å². The zero-order valence-corrected chi connectivity index (χ0v) is 16.5. The molecule has 0 unspecified atom stereocenters. The van der Waals surface area contributed by atoms with Crippen molar-refractivity contribution >= 4 is 22.7 Å². The Hall–Kier alpha value is -2.82. The highest BCUT2D eigenvalue weighted by molar-refractivity contribution is 5.85. The number of aromatic nitrogens is 1. The number of oxazole rings is 1. The number of nitrogens with zero attached hydrogens (tertiary/aromatic N) is 2. The van der Waals surface area contributed by atoms with Crippen LogP contribution in [0, 0.1) is 12.8 Å². The van der Waals surface area contributed by atoms with E-state index < -0.39 is 0 Å². The van der Waals surface area contributed by atoms with Crippen molar-refractivity contribution in [3.8, 4) is 0 Å². The first-order chi connectivity index (χ1) is 13.6. The smallest absolute Gasteiger partial charge is 0.244 e. The SMILES string of the molecule is Cc1nc2cc(N[C@@H](C)C(=O)N3CCC(Cc4ccccc4)CC3)ccc2o1. The molecular formula is C23H27N3O2. The lowest BCUT2D eigenvalue weighted by Gasteiger charge is -2.34. The molecule has 1 N–H and O–H groups in total. The van der Waals surface area contributed by atoms with Crippen LogP contribution in [0.3, 0.4) is 0 Å². The number of piperidine rings is 1. The summed E-state index contributed by atoms with van der Waals surface area (Å²) in [5.74, 6) is 1.47. The second-order valence-corrected chi connectivity index (χ2v) is 7.74. The van der Waals surface area contributed by atoms with Gasteiger partial charge in [-0.1, -0.05) is 30.3 Å². The molecule has 1 atom stereocenters. The maximum absolute atomic E-state index is 12.9. The number of carbonyl (C=O) groups excluding carboxylic acids is 1. The van der Waals surface area contributed by atoms with Gasteiger partial charge >= 0.3 is 0 Å². The van der Waals surface area contributed by atoms with Gasteiger partial charge in [0.1, 0.15) is 11.6 Å². The highest BCUT2D eigenvalue weighted by Gasteiger charge is 2.26. The number of carbonyl (C=O) groups is 1. The van der Waals surface area contributed by atoms with Gasteiger partial charge in [0, 0.05) is 25.7 Å². The molecule has 1 aliphatic rings. The van der Waals surface area contributed by atoms with Gasteiger partial charge in [0.2, 0.25) is 5.91 Å². The number of anilines is 1. The molecule has 28 heavy (non-hydrogen) atoms. The maximum Gasteiger partial charge on any atom is 0.244 e. The quantitative estimate of drug-likeness (QED) is 0.715. The van der Waals surface area contributed by atoms with Crippen LogP contribution in [0.5, 0.6) is 0 Å². The van der Waals surface area contributed by atoms with Crippen LogP contribution in [0.4, 0.5) is 5.69 Å². The molecule has 1 fully saturated rings. The van der Waals surface area contributed by atoms with E-state index in [1.807, 2.05) is 36.9 Å². The molecule has 0 spiro atoms. The lowest BCUT2D eigenvalue weighted by molar-refractivity contribution is -0.133. The molecule has 1 amide bonds. The van der Waals surface area contributed by atoms with E-state index in [9.17, 15) is 4.79 Å². The third kappa shape index (κ3) is 4.19. The zero-order chi connectivity index (χ0) is 19.5. The molecule has 0 saturated carbocycles. The topological polar surface area (TPSA) is 58.4 Å². The molecule has 0 aliphatic carbocycles. The molecule has 5 nitrogen and oxygen atoms in total. The van der Waals surface area contributed by atoms with E-state index in [1.165, 1.54) is 5.56 Å². The summed E-state index contributed by atoms with van der Waals surface area (Å²) in [5, 5.41) is 3.32. The fourth-order valence-electron chi connectivity index (χ4n) is 4.02. The Morgan fingerprint density at radius 3 is 2.71 bits per heavy atom. The summed E-state index contributed by atoms with van der Waals surface area (Å²) < 4.78 is 5.51. The van der Waals surface area contributed by atoms with Gasteiger partial charge < -0.3 is 14.6 Å². The molecule has 1 aromatic heterocycles. The van der Waals surface area contributed by atoms with E-state index in [4.69, 9.17) is 4.42 Å². The summed E-state index contributed by atoms with van der Waals surface area (Å²) in [4.78, 5) is 19.2. The van der Waals surface area contributed by atoms with Crippen molar-refractivity contribution in [3.05, 3.63) is 60.0 Å². The maximum atomic E-state index is 12.9. The summed E-state index contributed by atoms with van der Waals surface area (Å²) in [6.07, 6.45) is 3.24. The Labute approximate surface area is 165 Å². The predicted molar refractivity (Wildman–Crippen MR) is 111 cm³/mol. The number of likely N-dealkylation sites (tertiary alicyclic amines) is 1. The van der Waals surface area contributed by atoms with Crippen LogP contribution in [0.25, 0.3) is 11.1 Å². The average Bonchev–Trinajstić information content (AvgIpc) is 3.08. The molecule has 0 radical (unpaired) electrons. The van der Waals surface area contributed by atoms with Gasteiger partial charge in [-0.3, -0.25) is 4.79 Å². The first-order valence-corrected chi connectivity index (χ1v) is 10.0. The van der Waals surface area contributed by atoms with Crippen LogP contribution >= 0.6 is 0 Å². The number of nitrogens with one attached hydrogen (secondary N) is 1. The highest BCUT2D eigenvalue weighted by Crippen LogP contribution is 2.23. The number of rotatable bonds is 5. The van der Waals surface area contributed by atoms with Crippen LogP contribution in [-0.2, 0) is 11.2 Å². The summed E-state index contributed by atoms with van der Waals surface area (Å²) >= 11 is 0. The molecule has 2 aromatic carbocycles. The van der Waals surface area contributed by atoms with Crippen molar-refractivity contribution in [2.75, 3.05) is 18.4 Å². The normalized spacial score (nSPS) is 16.3. The van der Waals surface area contributed by atoms with Gasteiger partial charge in [-0.25, -0.2) is 4.98 Å². The van der Waals surface area contributed by atoms with E-state index >= 15 is 0 Å². The molecule has 1 aliphatic heterocycles. The van der Waals surface area contributed by atoms with E-state index in [0.29, 0.717) is 11.8 Å². The van der Waals surface area contributed by atoms with E-state index in [0.717, 1.165) is 49.1 Å². The summed E-state index contributed by atoms with van der Waals surface area (Å²) in [6.45, 7) is 5.44. The zero-order valence-electron chi connectivity index (χ0n) is 16.5. The number of aryl methyl sites for hydroxylation is 1. The second-order valence-electron chi connectivity index (χ2n) is 7.74. The lowest BCUT2D eigenvalue weighted by Crippen LogP contribution is -2.45. The van der Waals surface area contributed by atoms with Crippen LogP contribution in [-0.4, -0.2) is 34.9 Å². The molecule has 3 aromatic rings. The van der Waals surface area contributed by atoms with Crippen molar-refractivity contribution in [2.24, 2.45) is 5.92 Å². The van der Waals surface area contributed by atoms with Gasteiger partial charge in [0.25, 0.3) is 0 Å². The van der Waals surface area contributed by atoms with Gasteiger partial charge in [-0.2, -0.15) is 0 Å². The van der Waals surface area contributed by atoms with Crippen molar-refractivity contribution in [2.45, 2.75) is 39.2 Å². The number of hydrogen-bond donors (Lipinski definition) is 1. The first kappa shape index (κ1) is 18.5. The second kappa shape index (κ2) is 8.05. The number of hydrogen-bond acceptors (Lipinski definition) is 4. The molecule has 4 rings (SSSR count). The minimum atomic E-state index is -0.267. The van der Waals surface area contributed by atoms with Crippen molar-refractivity contribution in [3.63, 3.8) is 0 Å². The standard InChI is InChI=1S/C23H27N3O2/c1-16(24-20-8-9-22-21(15-20)25-17(2)28-22)23(27)26-12-10-19(11-13-26)14-18-6-4-3-5-7-18/h3-9,15-16,19,24H,10-14H2,1-2H3/t16-/m0/s1. The minimum absolute atomic E-state index is 0.162. The number of benzene rings is 2.